The average molecular weight is 537 g/mol. The second kappa shape index (κ2) is 9.89. The molecule has 1 spiro atoms. The third-order valence-corrected chi connectivity index (χ3v) is 9.14. The van der Waals surface area contributed by atoms with Gasteiger partial charge in [-0.25, -0.2) is 4.79 Å². The van der Waals surface area contributed by atoms with E-state index in [1.165, 1.54) is 4.90 Å². The van der Waals surface area contributed by atoms with Crippen LogP contribution < -0.4 is 10.2 Å². The van der Waals surface area contributed by atoms with Crippen LogP contribution in [0.3, 0.4) is 0 Å². The van der Waals surface area contributed by atoms with Crippen LogP contribution in [0.2, 0.25) is 0 Å². The van der Waals surface area contributed by atoms with Crippen LogP contribution in [0.25, 0.3) is 0 Å². The fourth-order valence-electron chi connectivity index (χ4n) is 6.75. The molecule has 3 aliphatic heterocycles. The monoisotopic (exact) mass is 536 g/mol. The molecule has 0 atom stereocenters. The molecule has 0 aliphatic carbocycles. The van der Waals surface area contributed by atoms with Crippen LogP contribution >= 0.6 is 0 Å². The maximum absolute atomic E-state index is 14.0. The molecule has 6 rings (SSSR count). The Balaban J connectivity index is 1.14. The van der Waals surface area contributed by atoms with Crippen molar-refractivity contribution in [1.82, 2.24) is 15.1 Å². The van der Waals surface area contributed by atoms with Gasteiger partial charge in [-0.15, -0.1) is 0 Å². The molecule has 3 aromatic carbocycles. The number of hydrogen-bond acceptors (Lipinski definition) is 4. The van der Waals surface area contributed by atoms with E-state index in [2.05, 4.69) is 16.3 Å². The number of aryl methyl sites for hydroxylation is 2. The summed E-state index contributed by atoms with van der Waals surface area (Å²) in [5, 5.41) is 3.06. The molecular weight excluding hydrogens is 500 g/mol. The van der Waals surface area contributed by atoms with Crippen molar-refractivity contribution in [3.05, 3.63) is 101 Å². The first-order valence-corrected chi connectivity index (χ1v) is 14.1. The van der Waals surface area contributed by atoms with Crippen molar-refractivity contribution in [3.63, 3.8) is 0 Å². The number of anilines is 1. The van der Waals surface area contributed by atoms with Gasteiger partial charge in [0.2, 0.25) is 5.91 Å². The predicted octanol–water partition coefficient (Wildman–Crippen LogP) is 4.50. The number of urea groups is 1. The second-order valence-electron chi connectivity index (χ2n) is 11.5. The number of benzene rings is 3. The Bertz CT molecular complexity index is 1410. The van der Waals surface area contributed by atoms with Crippen LogP contribution in [0.1, 0.15) is 47.1 Å². The number of fused-ring (bicyclic) bond motifs is 2. The number of carbonyl (C=O) groups is 3. The van der Waals surface area contributed by atoms with Gasteiger partial charge in [-0.05, 0) is 75.5 Å². The van der Waals surface area contributed by atoms with Gasteiger partial charge in [-0.2, -0.15) is 0 Å². The average Bonchev–Trinajstić information content (AvgIpc) is 3.34. The summed E-state index contributed by atoms with van der Waals surface area (Å²) in [6, 6.07) is 23.4. The fraction of sp³-hybridized carbons (Fsp3) is 0.364. The summed E-state index contributed by atoms with van der Waals surface area (Å²) in [5.74, 6) is -0.0461. The number of likely N-dealkylation sites (tertiary alicyclic amines) is 1. The summed E-state index contributed by atoms with van der Waals surface area (Å²) < 4.78 is 0. The minimum absolute atomic E-state index is 0.191. The number of likely N-dealkylation sites (N-methyl/N-ethyl adjacent to an activating group) is 1. The Hall–Kier alpha value is -3.97. The summed E-state index contributed by atoms with van der Waals surface area (Å²) >= 11 is 0. The Labute approximate surface area is 235 Å². The van der Waals surface area contributed by atoms with Gasteiger partial charge in [0.05, 0.1) is 5.41 Å². The van der Waals surface area contributed by atoms with Crippen molar-refractivity contribution < 1.29 is 14.4 Å². The van der Waals surface area contributed by atoms with E-state index in [4.69, 9.17) is 0 Å². The number of nitrogens with zero attached hydrogens (tertiary/aromatic N) is 3. The Morgan fingerprint density at radius 2 is 1.32 bits per heavy atom. The number of nitrogens with one attached hydrogen (secondary N) is 1. The van der Waals surface area contributed by atoms with E-state index in [1.54, 1.807) is 4.90 Å². The van der Waals surface area contributed by atoms with E-state index in [0.717, 1.165) is 66.0 Å². The normalized spacial score (nSPS) is 19.8. The molecule has 2 saturated heterocycles. The molecule has 3 aliphatic rings. The highest BCUT2D eigenvalue weighted by molar-refractivity contribution is 6.10. The molecule has 7 nitrogen and oxygen atoms in total. The molecule has 0 saturated carbocycles. The summed E-state index contributed by atoms with van der Waals surface area (Å²) in [4.78, 5) is 46.1. The van der Waals surface area contributed by atoms with Gasteiger partial charge in [-0.1, -0.05) is 77.9 Å². The quantitative estimate of drug-likeness (QED) is 0.471. The molecule has 1 N–H and O–H groups in total. The number of rotatable bonds is 6. The summed E-state index contributed by atoms with van der Waals surface area (Å²) in [7, 11) is 1.87. The molecule has 0 aromatic heterocycles. The van der Waals surface area contributed by atoms with E-state index < -0.39 is 11.0 Å². The van der Waals surface area contributed by atoms with Crippen LogP contribution in [-0.4, -0.2) is 60.9 Å². The maximum atomic E-state index is 14.0. The number of amides is 4. The molecule has 0 radical (unpaired) electrons. The van der Waals surface area contributed by atoms with E-state index in [1.807, 2.05) is 87.6 Å². The van der Waals surface area contributed by atoms with Crippen molar-refractivity contribution in [3.8, 4) is 0 Å². The fourth-order valence-corrected chi connectivity index (χ4v) is 6.75. The topological polar surface area (TPSA) is 73.0 Å². The van der Waals surface area contributed by atoms with Crippen LogP contribution in [0, 0.1) is 13.8 Å². The van der Waals surface area contributed by atoms with E-state index in [-0.39, 0.29) is 17.8 Å². The van der Waals surface area contributed by atoms with Crippen molar-refractivity contribution in [2.45, 2.75) is 44.1 Å². The number of imide groups is 1. The first-order valence-electron chi connectivity index (χ1n) is 14.1. The molecule has 2 fully saturated rings. The number of para-hydroxylation sites is 1. The summed E-state index contributed by atoms with van der Waals surface area (Å²) in [6.45, 7) is 6.74. The van der Waals surface area contributed by atoms with Gasteiger partial charge >= 0.3 is 6.03 Å². The summed E-state index contributed by atoms with van der Waals surface area (Å²) in [6.07, 6.45) is 2.23. The highest BCUT2D eigenvalue weighted by Gasteiger charge is 2.54. The number of carbonyl (C=O) groups excluding carboxylic acids is 3. The van der Waals surface area contributed by atoms with Gasteiger partial charge < -0.3 is 15.1 Å². The van der Waals surface area contributed by atoms with Gasteiger partial charge in [0.25, 0.3) is 5.91 Å². The maximum Gasteiger partial charge on any atom is 0.325 e. The minimum atomic E-state index is -1.24. The first-order chi connectivity index (χ1) is 19.3. The van der Waals surface area contributed by atoms with E-state index in [0.29, 0.717) is 13.0 Å². The molecule has 0 bridgehead atoms. The van der Waals surface area contributed by atoms with Crippen LogP contribution in [-0.2, 0) is 20.5 Å². The van der Waals surface area contributed by atoms with Crippen LogP contribution in [0.5, 0.6) is 0 Å². The molecule has 3 heterocycles. The zero-order chi connectivity index (χ0) is 28.1. The number of piperidine rings is 1. The lowest BCUT2D eigenvalue weighted by molar-refractivity contribution is -0.130. The summed E-state index contributed by atoms with van der Waals surface area (Å²) in [5.41, 5.74) is 4.19. The third kappa shape index (κ3) is 4.03. The Morgan fingerprint density at radius 3 is 1.93 bits per heavy atom. The SMILES string of the molecule is Cc1ccc(C2(c3ccc(C)cc3)NC(=O)N(CCCN3CCC4(CC3)C(=O)N(C)c3ccccc34)C2=O)cc1. The standard InChI is InChI=1S/C33H36N4O3/c1-23-9-13-25(14-10-23)33(26-15-11-24(2)12-16-26)30(39)37(31(40)34-33)20-6-19-36-21-17-32(18-22-36)27-7-4-5-8-28(27)35(3)29(32)38/h4-5,7-16H,6,17-22H2,1-3H3,(H,34,40). The van der Waals surface area contributed by atoms with Gasteiger partial charge in [-0.3, -0.25) is 14.5 Å². The zero-order valence-corrected chi connectivity index (χ0v) is 23.4. The van der Waals surface area contributed by atoms with Crippen LogP contribution in [0.4, 0.5) is 10.5 Å². The molecule has 0 unspecified atom stereocenters. The lowest BCUT2D eigenvalue weighted by atomic mass is 9.73. The minimum Gasteiger partial charge on any atom is -0.315 e. The Kier molecular flexibility index (Phi) is 6.50. The highest BCUT2D eigenvalue weighted by Crippen LogP contribution is 2.47. The molecule has 4 amide bonds. The third-order valence-electron chi connectivity index (χ3n) is 9.14. The molecular formula is C33H36N4O3. The Morgan fingerprint density at radius 1 is 0.750 bits per heavy atom. The molecule has 7 heteroatoms. The first kappa shape index (κ1) is 26.3. The van der Waals surface area contributed by atoms with Gasteiger partial charge in [0.15, 0.2) is 5.54 Å². The van der Waals surface area contributed by atoms with Crippen molar-refractivity contribution >= 4 is 23.5 Å². The predicted molar refractivity (Wildman–Crippen MR) is 155 cm³/mol. The smallest absolute Gasteiger partial charge is 0.315 e. The van der Waals surface area contributed by atoms with Crippen molar-refractivity contribution in [1.29, 1.82) is 0 Å². The second-order valence-corrected chi connectivity index (χ2v) is 11.5. The van der Waals surface area contributed by atoms with Gasteiger partial charge in [0, 0.05) is 19.3 Å². The van der Waals surface area contributed by atoms with E-state index >= 15 is 0 Å². The van der Waals surface area contributed by atoms with Crippen molar-refractivity contribution in [2.75, 3.05) is 38.1 Å². The zero-order valence-electron chi connectivity index (χ0n) is 23.4. The van der Waals surface area contributed by atoms with Crippen molar-refractivity contribution in [2.24, 2.45) is 0 Å². The molecule has 206 valence electrons. The highest BCUT2D eigenvalue weighted by atomic mass is 16.2. The number of hydrogen-bond donors (Lipinski definition) is 1. The van der Waals surface area contributed by atoms with Crippen LogP contribution in [0.15, 0.2) is 72.8 Å². The lowest BCUT2D eigenvalue weighted by Gasteiger charge is -2.38. The largest absolute Gasteiger partial charge is 0.325 e. The molecule has 40 heavy (non-hydrogen) atoms. The lowest BCUT2D eigenvalue weighted by Crippen LogP contribution is -2.48. The van der Waals surface area contributed by atoms with Gasteiger partial charge in [0.1, 0.15) is 0 Å². The van der Waals surface area contributed by atoms with E-state index in [9.17, 15) is 14.4 Å². The molecule has 3 aromatic rings.